The zero-order valence-electron chi connectivity index (χ0n) is 9.54. The van der Waals surface area contributed by atoms with E-state index in [-0.39, 0.29) is 0 Å². The van der Waals surface area contributed by atoms with Crippen molar-refractivity contribution < 1.29 is 14.4 Å². The third-order valence-electron chi connectivity index (χ3n) is 2.34. The van der Waals surface area contributed by atoms with Crippen LogP contribution in [0.3, 0.4) is 0 Å². The molecule has 4 nitrogen and oxygen atoms in total. The maximum Gasteiger partial charge on any atom is 0.268 e. The minimum absolute atomic E-state index is 0.355. The molecule has 0 radical (unpaired) electrons. The molecule has 0 aliphatic heterocycles. The van der Waals surface area contributed by atoms with Crippen LogP contribution in [0.15, 0.2) is 47.5 Å². The van der Waals surface area contributed by atoms with Crippen molar-refractivity contribution in [2.75, 3.05) is 0 Å². The summed E-state index contributed by atoms with van der Waals surface area (Å²) in [4.78, 5) is 0. The first-order valence-electron chi connectivity index (χ1n) is 5.34. The molecule has 18 heavy (non-hydrogen) atoms. The molecule has 1 heterocycles. The van der Waals surface area contributed by atoms with Crippen LogP contribution in [0, 0.1) is 3.57 Å². The summed E-state index contributed by atoms with van der Waals surface area (Å²) in [5.41, 5.74) is 1.04. The highest BCUT2D eigenvalue weighted by atomic mass is 127. The number of hydrogen-bond donors (Lipinski definition) is 1. The summed E-state index contributed by atoms with van der Waals surface area (Å²) in [6.45, 7) is 3.91. The maximum absolute atomic E-state index is 9.60. The smallest absolute Gasteiger partial charge is 0.268 e. The first-order chi connectivity index (χ1) is 8.72. The fourth-order valence-corrected chi connectivity index (χ4v) is 2.05. The Kier molecular flexibility index (Phi) is 4.38. The van der Waals surface area contributed by atoms with Crippen molar-refractivity contribution in [2.45, 2.75) is 12.7 Å². The van der Waals surface area contributed by atoms with Crippen LogP contribution >= 0.6 is 22.6 Å². The fraction of sp³-hybridized carbons (Fsp3) is 0.154. The van der Waals surface area contributed by atoms with Gasteiger partial charge in [-0.05, 0) is 33.3 Å². The molecule has 0 fully saturated rings. The van der Waals surface area contributed by atoms with Crippen LogP contribution in [-0.4, -0.2) is 10.3 Å². The number of ether oxygens (including phenoxy) is 1. The number of aliphatic hydroxyl groups is 1. The Bertz CT molecular complexity index is 524. The highest BCUT2D eigenvalue weighted by Crippen LogP contribution is 2.29. The second-order valence-electron chi connectivity index (χ2n) is 3.62. The van der Waals surface area contributed by atoms with Crippen molar-refractivity contribution in [1.29, 1.82) is 0 Å². The molecule has 0 spiro atoms. The van der Waals surface area contributed by atoms with Crippen LogP contribution in [-0.2, 0) is 6.61 Å². The molecule has 0 aliphatic rings. The van der Waals surface area contributed by atoms with Gasteiger partial charge in [0.05, 0.1) is 0 Å². The van der Waals surface area contributed by atoms with E-state index in [1.807, 2.05) is 52.9 Å². The van der Waals surface area contributed by atoms with Gasteiger partial charge in [0.25, 0.3) is 5.88 Å². The molecule has 2 aromatic rings. The van der Waals surface area contributed by atoms with E-state index in [0.29, 0.717) is 21.8 Å². The van der Waals surface area contributed by atoms with Gasteiger partial charge >= 0.3 is 0 Å². The van der Waals surface area contributed by atoms with Crippen molar-refractivity contribution in [3.63, 3.8) is 0 Å². The Morgan fingerprint density at radius 3 is 2.83 bits per heavy atom. The van der Waals surface area contributed by atoms with Gasteiger partial charge in [0, 0.05) is 0 Å². The number of aliphatic hydroxyl groups excluding tert-OH is 1. The van der Waals surface area contributed by atoms with Crippen molar-refractivity contribution in [3.8, 4) is 5.88 Å². The molecule has 1 aromatic heterocycles. The molecule has 94 valence electrons. The second-order valence-corrected chi connectivity index (χ2v) is 4.70. The molecular formula is C13H12INO3. The van der Waals surface area contributed by atoms with Gasteiger partial charge in [-0.15, -0.1) is 6.58 Å². The topological polar surface area (TPSA) is 55.5 Å². The number of aromatic nitrogens is 1. The predicted octanol–water partition coefficient (Wildman–Crippen LogP) is 3.08. The summed E-state index contributed by atoms with van der Waals surface area (Å²) in [6.07, 6.45) is 0.516. The minimum atomic E-state index is -0.863. The number of benzene rings is 1. The average molecular weight is 357 g/mol. The van der Waals surface area contributed by atoms with E-state index < -0.39 is 6.10 Å². The lowest BCUT2D eigenvalue weighted by molar-refractivity contribution is 0.180. The van der Waals surface area contributed by atoms with Gasteiger partial charge < -0.3 is 14.4 Å². The fourth-order valence-electron chi connectivity index (χ4n) is 1.38. The number of nitrogens with zero attached hydrogens (tertiary/aromatic N) is 1. The first-order valence-corrected chi connectivity index (χ1v) is 6.42. The zero-order valence-corrected chi connectivity index (χ0v) is 11.7. The van der Waals surface area contributed by atoms with Crippen LogP contribution in [0.1, 0.15) is 17.4 Å². The van der Waals surface area contributed by atoms with E-state index in [0.717, 1.165) is 5.56 Å². The molecular weight excluding hydrogens is 345 g/mol. The average Bonchev–Trinajstić information content (AvgIpc) is 2.78. The second kappa shape index (κ2) is 6.01. The van der Waals surface area contributed by atoms with Crippen molar-refractivity contribution in [1.82, 2.24) is 5.16 Å². The number of rotatable bonds is 5. The molecule has 1 N–H and O–H groups in total. The van der Waals surface area contributed by atoms with Crippen molar-refractivity contribution in [2.24, 2.45) is 0 Å². The van der Waals surface area contributed by atoms with E-state index in [4.69, 9.17) is 9.26 Å². The number of halogens is 1. The molecule has 0 amide bonds. The molecule has 0 saturated carbocycles. The molecule has 1 aromatic carbocycles. The van der Waals surface area contributed by atoms with Gasteiger partial charge in [0.15, 0.2) is 5.76 Å². The number of hydrogen-bond acceptors (Lipinski definition) is 4. The van der Waals surface area contributed by atoms with Gasteiger partial charge in [-0.25, -0.2) is 0 Å². The van der Waals surface area contributed by atoms with Crippen molar-refractivity contribution >= 4 is 22.6 Å². The highest BCUT2D eigenvalue weighted by Gasteiger charge is 2.19. The van der Waals surface area contributed by atoms with Crippen molar-refractivity contribution in [3.05, 3.63) is 57.9 Å². The predicted molar refractivity (Wildman–Crippen MR) is 75.2 cm³/mol. The van der Waals surface area contributed by atoms with Gasteiger partial charge in [-0.2, -0.15) is 0 Å². The SMILES string of the molecule is C=C[C@H](O)c1onc(OCc2ccccc2)c1I. The summed E-state index contributed by atoms with van der Waals surface area (Å²) in [6, 6.07) is 9.76. The molecule has 0 aliphatic carbocycles. The standard InChI is InChI=1S/C13H12INO3/c1-2-10(16)12-11(14)13(15-18-12)17-8-9-6-4-3-5-7-9/h2-7,10,16H,1,8H2/t10-/m0/s1. The van der Waals surface area contributed by atoms with Crippen LogP contribution in [0.2, 0.25) is 0 Å². The third kappa shape index (κ3) is 2.91. The van der Waals surface area contributed by atoms with E-state index in [9.17, 15) is 5.11 Å². The summed E-state index contributed by atoms with van der Waals surface area (Å²) >= 11 is 2.03. The van der Waals surface area contributed by atoms with Crippen LogP contribution < -0.4 is 4.74 Å². The summed E-state index contributed by atoms with van der Waals surface area (Å²) in [7, 11) is 0. The lowest BCUT2D eigenvalue weighted by Crippen LogP contribution is -1.97. The van der Waals surface area contributed by atoms with Gasteiger partial charge in [0.2, 0.25) is 0 Å². The molecule has 0 unspecified atom stereocenters. The minimum Gasteiger partial charge on any atom is -0.470 e. The third-order valence-corrected chi connectivity index (χ3v) is 3.33. The van der Waals surface area contributed by atoms with E-state index in [1.54, 1.807) is 0 Å². The van der Waals surface area contributed by atoms with Gasteiger partial charge in [-0.3, -0.25) is 0 Å². The van der Waals surface area contributed by atoms with Crippen LogP contribution in [0.25, 0.3) is 0 Å². The van der Waals surface area contributed by atoms with Gasteiger partial charge in [0.1, 0.15) is 16.3 Å². The van der Waals surface area contributed by atoms with Crippen LogP contribution in [0.4, 0.5) is 0 Å². The monoisotopic (exact) mass is 357 g/mol. The van der Waals surface area contributed by atoms with E-state index in [2.05, 4.69) is 11.7 Å². The van der Waals surface area contributed by atoms with Crippen LogP contribution in [0.5, 0.6) is 5.88 Å². The zero-order chi connectivity index (χ0) is 13.0. The molecule has 5 heteroatoms. The normalized spacial score (nSPS) is 12.1. The summed E-state index contributed by atoms with van der Waals surface area (Å²) in [5.74, 6) is 0.740. The van der Waals surface area contributed by atoms with Gasteiger partial charge in [-0.1, -0.05) is 36.4 Å². The quantitative estimate of drug-likeness (QED) is 0.660. The Balaban J connectivity index is 2.07. The highest BCUT2D eigenvalue weighted by molar-refractivity contribution is 14.1. The van der Waals surface area contributed by atoms with E-state index in [1.165, 1.54) is 6.08 Å². The maximum atomic E-state index is 9.60. The molecule has 1 atom stereocenters. The Morgan fingerprint density at radius 1 is 1.44 bits per heavy atom. The molecule has 2 rings (SSSR count). The Labute approximate surface area is 118 Å². The summed E-state index contributed by atoms with van der Waals surface area (Å²) in [5, 5.41) is 13.4. The lowest BCUT2D eigenvalue weighted by Gasteiger charge is -2.03. The Morgan fingerprint density at radius 2 is 2.17 bits per heavy atom. The largest absolute Gasteiger partial charge is 0.470 e. The molecule has 0 bridgehead atoms. The summed E-state index contributed by atoms with van der Waals surface area (Å²) < 4.78 is 11.2. The van der Waals surface area contributed by atoms with E-state index >= 15 is 0 Å². The molecule has 0 saturated heterocycles. The Hall–Kier alpha value is -1.34. The lowest BCUT2D eigenvalue weighted by atomic mass is 10.2. The first kappa shape index (κ1) is 13.1.